The first-order valence-electron chi connectivity index (χ1n) is 8.25. The van der Waals surface area contributed by atoms with Crippen molar-refractivity contribution in [2.45, 2.75) is 26.2 Å². The molecule has 2 aromatic rings. The van der Waals surface area contributed by atoms with Gasteiger partial charge in [-0.2, -0.15) is 0 Å². The Hall–Kier alpha value is -2.95. The average molecular weight is 339 g/mol. The van der Waals surface area contributed by atoms with E-state index in [1.165, 1.54) is 0 Å². The standard InChI is InChI=1S/C20H21NO4/c1-2-14-25-20(24)16-8-10-17(11-9-16)21-19(23)13-12-18(22)15-6-4-3-5-7-15/h3-11H,2,12-14H2,1H3,(H,21,23). The van der Waals surface area contributed by atoms with Gasteiger partial charge in [-0.1, -0.05) is 37.3 Å². The molecule has 0 aromatic heterocycles. The highest BCUT2D eigenvalue weighted by Crippen LogP contribution is 2.12. The fraction of sp³-hybridized carbons (Fsp3) is 0.250. The Labute approximate surface area is 147 Å². The van der Waals surface area contributed by atoms with Crippen molar-refractivity contribution in [1.29, 1.82) is 0 Å². The van der Waals surface area contributed by atoms with Crippen molar-refractivity contribution in [1.82, 2.24) is 0 Å². The summed E-state index contributed by atoms with van der Waals surface area (Å²) < 4.78 is 5.04. The van der Waals surface area contributed by atoms with E-state index in [1.807, 2.05) is 13.0 Å². The summed E-state index contributed by atoms with van der Waals surface area (Å²) in [5, 5.41) is 2.71. The van der Waals surface area contributed by atoms with E-state index in [2.05, 4.69) is 5.32 Å². The third kappa shape index (κ3) is 5.88. The third-order valence-corrected chi connectivity index (χ3v) is 3.52. The molecule has 5 heteroatoms. The number of benzene rings is 2. The normalized spacial score (nSPS) is 10.1. The molecule has 1 amide bonds. The summed E-state index contributed by atoms with van der Waals surface area (Å²) in [6.07, 6.45) is 1.02. The maximum Gasteiger partial charge on any atom is 0.338 e. The molecule has 0 unspecified atom stereocenters. The number of anilines is 1. The van der Waals surface area contributed by atoms with Crippen molar-refractivity contribution < 1.29 is 19.1 Å². The van der Waals surface area contributed by atoms with Crippen molar-refractivity contribution >= 4 is 23.3 Å². The predicted molar refractivity (Wildman–Crippen MR) is 95.7 cm³/mol. The lowest BCUT2D eigenvalue weighted by molar-refractivity contribution is -0.116. The van der Waals surface area contributed by atoms with Gasteiger partial charge in [-0.25, -0.2) is 4.79 Å². The first-order chi connectivity index (χ1) is 12.1. The number of ketones is 1. The largest absolute Gasteiger partial charge is 0.462 e. The fourth-order valence-electron chi connectivity index (χ4n) is 2.19. The fourth-order valence-corrected chi connectivity index (χ4v) is 2.19. The van der Waals surface area contributed by atoms with E-state index in [0.717, 1.165) is 6.42 Å². The number of ether oxygens (including phenoxy) is 1. The number of hydrogen-bond acceptors (Lipinski definition) is 4. The number of amides is 1. The molecular formula is C20H21NO4. The number of carbonyl (C=O) groups excluding carboxylic acids is 3. The van der Waals surface area contributed by atoms with Crippen LogP contribution in [0.1, 0.15) is 46.9 Å². The minimum atomic E-state index is -0.381. The summed E-state index contributed by atoms with van der Waals surface area (Å²) in [6, 6.07) is 15.4. The van der Waals surface area contributed by atoms with E-state index >= 15 is 0 Å². The van der Waals surface area contributed by atoms with E-state index in [0.29, 0.717) is 23.4 Å². The summed E-state index contributed by atoms with van der Waals surface area (Å²) in [5.74, 6) is -0.691. The summed E-state index contributed by atoms with van der Waals surface area (Å²) >= 11 is 0. The lowest BCUT2D eigenvalue weighted by Crippen LogP contribution is -2.13. The van der Waals surface area contributed by atoms with Crippen LogP contribution < -0.4 is 5.32 Å². The second-order valence-electron chi connectivity index (χ2n) is 5.55. The van der Waals surface area contributed by atoms with Gasteiger partial charge in [0.1, 0.15) is 0 Å². The second kappa shape index (κ2) is 9.37. The van der Waals surface area contributed by atoms with E-state index in [1.54, 1.807) is 48.5 Å². The summed E-state index contributed by atoms with van der Waals surface area (Å²) in [7, 11) is 0. The highest BCUT2D eigenvalue weighted by Gasteiger charge is 2.10. The van der Waals surface area contributed by atoms with Crippen molar-refractivity contribution in [2.24, 2.45) is 0 Å². The molecule has 0 atom stereocenters. The number of esters is 1. The lowest BCUT2D eigenvalue weighted by atomic mass is 10.1. The van der Waals surface area contributed by atoms with Gasteiger partial charge < -0.3 is 10.1 Å². The van der Waals surface area contributed by atoms with E-state index in [-0.39, 0.29) is 30.5 Å². The van der Waals surface area contributed by atoms with Crippen molar-refractivity contribution in [2.75, 3.05) is 11.9 Å². The van der Waals surface area contributed by atoms with Gasteiger partial charge in [-0.3, -0.25) is 9.59 Å². The smallest absolute Gasteiger partial charge is 0.338 e. The lowest BCUT2D eigenvalue weighted by Gasteiger charge is -2.07. The molecule has 25 heavy (non-hydrogen) atoms. The zero-order valence-electron chi connectivity index (χ0n) is 14.2. The topological polar surface area (TPSA) is 72.5 Å². The SMILES string of the molecule is CCCOC(=O)c1ccc(NC(=O)CCC(=O)c2ccccc2)cc1. The van der Waals surface area contributed by atoms with Crippen LogP contribution >= 0.6 is 0 Å². The minimum Gasteiger partial charge on any atom is -0.462 e. The van der Waals surface area contributed by atoms with Gasteiger partial charge in [0, 0.05) is 24.1 Å². The van der Waals surface area contributed by atoms with Crippen LogP contribution in [0.4, 0.5) is 5.69 Å². The van der Waals surface area contributed by atoms with E-state index in [9.17, 15) is 14.4 Å². The molecule has 0 heterocycles. The number of hydrogen-bond donors (Lipinski definition) is 1. The van der Waals surface area contributed by atoms with Crippen LogP contribution in [0, 0.1) is 0 Å². The molecule has 0 aliphatic heterocycles. The van der Waals surface area contributed by atoms with Crippen LogP contribution in [-0.2, 0) is 9.53 Å². The Balaban J connectivity index is 1.82. The van der Waals surface area contributed by atoms with E-state index < -0.39 is 0 Å². The van der Waals surface area contributed by atoms with Crippen molar-refractivity contribution in [3.8, 4) is 0 Å². The molecule has 0 fully saturated rings. The molecule has 0 saturated carbocycles. The molecule has 2 aromatic carbocycles. The average Bonchev–Trinajstić information content (AvgIpc) is 2.65. The van der Waals surface area contributed by atoms with Gasteiger partial charge in [0.2, 0.25) is 5.91 Å². The zero-order chi connectivity index (χ0) is 18.1. The highest BCUT2D eigenvalue weighted by atomic mass is 16.5. The van der Waals surface area contributed by atoms with Crippen LogP contribution in [0.15, 0.2) is 54.6 Å². The Morgan fingerprint density at radius 2 is 1.56 bits per heavy atom. The van der Waals surface area contributed by atoms with Crippen LogP contribution in [0.3, 0.4) is 0 Å². The first-order valence-corrected chi connectivity index (χ1v) is 8.25. The van der Waals surface area contributed by atoms with Gasteiger partial charge >= 0.3 is 5.97 Å². The predicted octanol–water partition coefficient (Wildman–Crippen LogP) is 3.86. The quantitative estimate of drug-likeness (QED) is 0.585. The molecular weight excluding hydrogens is 318 g/mol. The molecule has 2 rings (SSSR count). The van der Waals surface area contributed by atoms with Gasteiger partial charge in [0.15, 0.2) is 5.78 Å². The Morgan fingerprint density at radius 3 is 2.20 bits per heavy atom. The van der Waals surface area contributed by atoms with Gasteiger partial charge in [-0.15, -0.1) is 0 Å². The van der Waals surface area contributed by atoms with Crippen LogP contribution in [0.25, 0.3) is 0 Å². The van der Waals surface area contributed by atoms with Gasteiger partial charge in [0.25, 0.3) is 0 Å². The summed E-state index contributed by atoms with van der Waals surface area (Å²) in [5.41, 5.74) is 1.61. The molecule has 0 bridgehead atoms. The molecule has 0 aliphatic carbocycles. The number of Topliss-reactive ketones (excluding diaryl/α,β-unsaturated/α-hetero) is 1. The number of rotatable bonds is 8. The molecule has 130 valence electrons. The monoisotopic (exact) mass is 339 g/mol. The molecule has 0 aliphatic rings. The van der Waals surface area contributed by atoms with Gasteiger partial charge in [0.05, 0.1) is 12.2 Å². The highest BCUT2D eigenvalue weighted by molar-refractivity contribution is 6.00. The molecule has 1 N–H and O–H groups in total. The van der Waals surface area contributed by atoms with Crippen LogP contribution in [0.2, 0.25) is 0 Å². The van der Waals surface area contributed by atoms with E-state index in [4.69, 9.17) is 4.74 Å². The molecule has 0 radical (unpaired) electrons. The maximum absolute atomic E-state index is 12.0. The van der Waals surface area contributed by atoms with Crippen molar-refractivity contribution in [3.05, 3.63) is 65.7 Å². The molecule has 5 nitrogen and oxygen atoms in total. The van der Waals surface area contributed by atoms with Crippen LogP contribution in [-0.4, -0.2) is 24.3 Å². The molecule has 0 spiro atoms. The summed E-state index contributed by atoms with van der Waals surface area (Å²) in [4.78, 5) is 35.6. The van der Waals surface area contributed by atoms with Crippen LogP contribution in [0.5, 0.6) is 0 Å². The van der Waals surface area contributed by atoms with Gasteiger partial charge in [-0.05, 0) is 30.7 Å². The Morgan fingerprint density at radius 1 is 0.880 bits per heavy atom. The minimum absolute atomic E-state index is 0.0650. The molecule has 0 saturated heterocycles. The third-order valence-electron chi connectivity index (χ3n) is 3.52. The van der Waals surface area contributed by atoms with Crippen molar-refractivity contribution in [3.63, 3.8) is 0 Å². The zero-order valence-corrected chi connectivity index (χ0v) is 14.2. The maximum atomic E-state index is 12.0. The number of nitrogens with one attached hydrogen (secondary N) is 1. The Bertz CT molecular complexity index is 723. The summed E-state index contributed by atoms with van der Waals surface area (Å²) in [6.45, 7) is 2.31. The second-order valence-corrected chi connectivity index (χ2v) is 5.55. The first kappa shape index (κ1) is 18.4. The number of carbonyl (C=O) groups is 3. The Kier molecular flexibility index (Phi) is 6.89.